The van der Waals surface area contributed by atoms with E-state index in [1.807, 2.05) is 24.3 Å². The third-order valence-corrected chi connectivity index (χ3v) is 10.8. The molecule has 0 fully saturated rings. The molecule has 376 valence electrons. The first kappa shape index (κ1) is 62.5. The van der Waals surface area contributed by atoms with Crippen LogP contribution in [0.2, 0.25) is 0 Å². The molecule has 0 bridgehead atoms. The van der Waals surface area contributed by atoms with Gasteiger partial charge in [-0.25, -0.2) is 0 Å². The average molecular weight is 925 g/mol. The summed E-state index contributed by atoms with van der Waals surface area (Å²) in [5, 5.41) is 0. The third-order valence-electron chi connectivity index (χ3n) is 10.8. The number of carbonyl (C=O) groups is 3. The summed E-state index contributed by atoms with van der Waals surface area (Å²) in [5.41, 5.74) is 0. The number of rotatable bonds is 46. The van der Waals surface area contributed by atoms with Gasteiger partial charge in [-0.3, -0.25) is 14.4 Å². The monoisotopic (exact) mass is 925 g/mol. The van der Waals surface area contributed by atoms with E-state index in [9.17, 15) is 14.4 Å². The van der Waals surface area contributed by atoms with Crippen LogP contribution in [0.15, 0.2) is 134 Å². The van der Waals surface area contributed by atoms with Gasteiger partial charge in [-0.15, -0.1) is 0 Å². The van der Waals surface area contributed by atoms with Crippen LogP contribution in [-0.4, -0.2) is 37.2 Å². The molecular weight excluding hydrogens is 829 g/mol. The Balaban J connectivity index is 4.49. The summed E-state index contributed by atoms with van der Waals surface area (Å²) >= 11 is 0. The molecule has 1 atom stereocenters. The summed E-state index contributed by atoms with van der Waals surface area (Å²) in [6.07, 6.45) is 75.7. The van der Waals surface area contributed by atoms with Gasteiger partial charge in [-0.2, -0.15) is 0 Å². The van der Waals surface area contributed by atoms with E-state index in [4.69, 9.17) is 14.2 Å². The summed E-state index contributed by atoms with van der Waals surface area (Å²) < 4.78 is 16.8. The average Bonchev–Trinajstić information content (AvgIpc) is 3.33. The van der Waals surface area contributed by atoms with Crippen LogP contribution < -0.4 is 0 Å². The molecule has 0 aliphatic carbocycles. The lowest BCUT2D eigenvalue weighted by molar-refractivity contribution is -0.167. The zero-order valence-electron chi connectivity index (χ0n) is 42.9. The number of carbonyl (C=O) groups excluding carboxylic acids is 3. The van der Waals surface area contributed by atoms with E-state index in [1.165, 1.54) is 38.5 Å². The van der Waals surface area contributed by atoms with Crippen LogP contribution in [0, 0.1) is 0 Å². The molecule has 0 amide bonds. The molecule has 0 aliphatic rings. The molecule has 6 heteroatoms. The van der Waals surface area contributed by atoms with E-state index in [2.05, 4.69) is 130 Å². The molecule has 0 heterocycles. The summed E-state index contributed by atoms with van der Waals surface area (Å²) in [7, 11) is 0. The molecule has 0 aliphatic heterocycles. The molecule has 0 saturated heterocycles. The molecule has 0 rings (SSSR count). The van der Waals surface area contributed by atoms with Crippen molar-refractivity contribution in [2.45, 2.75) is 219 Å². The van der Waals surface area contributed by atoms with Gasteiger partial charge in [0.25, 0.3) is 0 Å². The number of hydrogen-bond donors (Lipinski definition) is 0. The highest BCUT2D eigenvalue weighted by Crippen LogP contribution is 2.14. The Morgan fingerprint density at radius 1 is 0.313 bits per heavy atom. The number of hydrogen-bond acceptors (Lipinski definition) is 6. The lowest BCUT2D eigenvalue weighted by Crippen LogP contribution is -2.30. The highest BCUT2D eigenvalue weighted by atomic mass is 16.6. The van der Waals surface area contributed by atoms with E-state index >= 15 is 0 Å². The summed E-state index contributed by atoms with van der Waals surface area (Å²) in [6.45, 7) is 6.20. The van der Waals surface area contributed by atoms with Gasteiger partial charge in [0.2, 0.25) is 0 Å². The summed E-state index contributed by atoms with van der Waals surface area (Å²) in [5.74, 6) is -0.960. The van der Waals surface area contributed by atoms with Crippen molar-refractivity contribution >= 4 is 17.9 Å². The van der Waals surface area contributed by atoms with Crippen molar-refractivity contribution in [2.75, 3.05) is 13.2 Å². The lowest BCUT2D eigenvalue weighted by Gasteiger charge is -2.18. The van der Waals surface area contributed by atoms with E-state index < -0.39 is 6.10 Å². The van der Waals surface area contributed by atoms with Crippen LogP contribution in [0.1, 0.15) is 213 Å². The summed E-state index contributed by atoms with van der Waals surface area (Å²) in [4.78, 5) is 38.1. The fraction of sp³-hybridized carbons (Fsp3) is 0.590. The Labute approximate surface area is 411 Å². The predicted octanol–water partition coefficient (Wildman–Crippen LogP) is 17.9. The lowest BCUT2D eigenvalue weighted by atomic mass is 10.1. The first-order valence-corrected chi connectivity index (χ1v) is 26.8. The summed E-state index contributed by atoms with van der Waals surface area (Å²) in [6, 6.07) is 0. The maximum Gasteiger partial charge on any atom is 0.306 e. The third kappa shape index (κ3) is 52.4. The molecule has 0 aromatic rings. The minimum absolute atomic E-state index is 0.104. The van der Waals surface area contributed by atoms with Gasteiger partial charge in [0.15, 0.2) is 6.10 Å². The minimum atomic E-state index is -0.807. The maximum absolute atomic E-state index is 12.8. The second-order valence-corrected chi connectivity index (χ2v) is 17.1. The molecule has 0 saturated carbocycles. The Bertz CT molecular complexity index is 1480. The van der Waals surface area contributed by atoms with Gasteiger partial charge in [0, 0.05) is 19.3 Å². The second kappa shape index (κ2) is 54.2. The van der Waals surface area contributed by atoms with Crippen molar-refractivity contribution in [3.8, 4) is 0 Å². The van der Waals surface area contributed by atoms with Gasteiger partial charge in [-0.05, 0) is 96.3 Å². The molecule has 6 nitrogen and oxygen atoms in total. The molecule has 0 radical (unpaired) electrons. The Hall–Kier alpha value is -4.45. The van der Waals surface area contributed by atoms with Gasteiger partial charge < -0.3 is 14.2 Å². The van der Waals surface area contributed by atoms with E-state index in [-0.39, 0.29) is 31.1 Å². The normalized spacial score (nSPS) is 13.2. The topological polar surface area (TPSA) is 78.9 Å². The minimum Gasteiger partial charge on any atom is -0.462 e. The zero-order valence-corrected chi connectivity index (χ0v) is 42.9. The van der Waals surface area contributed by atoms with Gasteiger partial charge in [0.05, 0.1) is 0 Å². The smallest absolute Gasteiger partial charge is 0.306 e. The zero-order chi connectivity index (χ0) is 48.6. The fourth-order valence-corrected chi connectivity index (χ4v) is 6.85. The van der Waals surface area contributed by atoms with Crippen molar-refractivity contribution in [2.24, 2.45) is 0 Å². The predicted molar refractivity (Wildman–Crippen MR) is 288 cm³/mol. The van der Waals surface area contributed by atoms with E-state index in [1.54, 1.807) is 0 Å². The molecule has 67 heavy (non-hydrogen) atoms. The molecule has 0 N–H and O–H groups in total. The van der Waals surface area contributed by atoms with Crippen LogP contribution in [0.25, 0.3) is 0 Å². The van der Waals surface area contributed by atoms with Crippen LogP contribution >= 0.6 is 0 Å². The highest BCUT2D eigenvalue weighted by Gasteiger charge is 2.19. The molecule has 1 unspecified atom stereocenters. The number of unbranched alkanes of at least 4 members (excludes halogenated alkanes) is 18. The molecule has 0 aromatic carbocycles. The molecule has 0 aromatic heterocycles. The van der Waals surface area contributed by atoms with Crippen molar-refractivity contribution in [1.29, 1.82) is 0 Å². The van der Waals surface area contributed by atoms with Crippen molar-refractivity contribution in [1.82, 2.24) is 0 Å². The number of ether oxygens (including phenoxy) is 3. The van der Waals surface area contributed by atoms with Crippen molar-refractivity contribution in [3.63, 3.8) is 0 Å². The van der Waals surface area contributed by atoms with Crippen molar-refractivity contribution in [3.05, 3.63) is 134 Å². The largest absolute Gasteiger partial charge is 0.462 e. The maximum atomic E-state index is 12.8. The van der Waals surface area contributed by atoms with Crippen LogP contribution in [0.5, 0.6) is 0 Å². The number of esters is 3. The fourth-order valence-electron chi connectivity index (χ4n) is 6.85. The van der Waals surface area contributed by atoms with Crippen LogP contribution in [0.4, 0.5) is 0 Å². The van der Waals surface area contributed by atoms with Gasteiger partial charge in [-0.1, -0.05) is 231 Å². The Morgan fingerprint density at radius 2 is 0.612 bits per heavy atom. The van der Waals surface area contributed by atoms with Crippen molar-refractivity contribution < 1.29 is 28.6 Å². The van der Waals surface area contributed by atoms with Gasteiger partial charge >= 0.3 is 17.9 Å². The van der Waals surface area contributed by atoms with Crippen LogP contribution in [0.3, 0.4) is 0 Å². The quantitative estimate of drug-likeness (QED) is 0.0199. The Morgan fingerprint density at radius 3 is 1.01 bits per heavy atom. The molecular formula is C61H96O6. The van der Waals surface area contributed by atoms with Gasteiger partial charge in [0.1, 0.15) is 13.2 Å². The Kier molecular flexibility index (Phi) is 50.6. The standard InChI is InChI=1S/C61H96O6/c1-4-7-10-13-16-19-22-25-28-29-30-31-34-36-39-42-45-48-51-54-60(63)66-57-58(67-61(64)55-52-49-46-43-40-37-33-27-24-21-18-15-12-9-6-3)56-65-59(62)53-50-47-44-41-38-35-32-26-23-20-17-14-11-8-5-2/h7-12,14-21,23-25,27-28,30-31,33,58H,4-6,13,22,26,29,32,34-57H2,1-3H3/b10-7-,11-8-,12-9-,17-14-,18-15-,19-16-,23-20-,24-21-,28-25-,31-30-,33-27-. The SMILES string of the molecule is CC\C=C/C=C\C=C/C=C\CCCCCCCC(=O)OC(COC(=O)CCCCCCCC/C=C\C/C=C\C/C=C\C/C=C\CC)COC(=O)CCCCCCCCC\C=C/C=C\C=C/CC. The van der Waals surface area contributed by atoms with Crippen LogP contribution in [-0.2, 0) is 28.6 Å². The highest BCUT2D eigenvalue weighted by molar-refractivity contribution is 5.71. The number of allylic oxidation sites excluding steroid dienone is 22. The molecule has 0 spiro atoms. The second-order valence-electron chi connectivity index (χ2n) is 17.1. The van der Waals surface area contributed by atoms with E-state index in [0.717, 1.165) is 135 Å². The van der Waals surface area contributed by atoms with E-state index in [0.29, 0.717) is 19.3 Å². The first-order chi connectivity index (χ1) is 33.0. The first-order valence-electron chi connectivity index (χ1n) is 26.8.